The van der Waals surface area contributed by atoms with Crippen LogP contribution < -0.4 is 10.1 Å². The van der Waals surface area contributed by atoms with Gasteiger partial charge in [0.15, 0.2) is 5.84 Å². The molecule has 3 N–H and O–H groups in total. The van der Waals surface area contributed by atoms with Crippen LogP contribution in [0.3, 0.4) is 0 Å². The molecule has 0 aliphatic carbocycles. The second-order valence-electron chi connectivity index (χ2n) is 6.31. The molecule has 1 aromatic carbocycles. The number of hydrogen-bond donors (Lipinski definition) is 3. The first-order valence-corrected chi connectivity index (χ1v) is 8.72. The lowest BCUT2D eigenvalue weighted by atomic mass is 10.0. The monoisotopic (exact) mass is 418 g/mol. The number of fused-ring (bicyclic) bond motifs is 1. The number of carbonyl (C=O) groups is 1. The van der Waals surface area contributed by atoms with E-state index in [1.165, 1.54) is 24.7 Å². The van der Waals surface area contributed by atoms with Crippen molar-refractivity contribution in [2.24, 2.45) is 4.99 Å². The van der Waals surface area contributed by atoms with Gasteiger partial charge in [0.2, 0.25) is 11.8 Å². The molecular formula is C19H17F3N6O2. The Hall–Kier alpha value is -3.76. The van der Waals surface area contributed by atoms with Crippen molar-refractivity contribution >= 4 is 24.3 Å². The molecule has 156 valence electrons. The van der Waals surface area contributed by atoms with Crippen molar-refractivity contribution in [3.8, 4) is 17.0 Å². The number of aliphatic imine (C=N–C) groups is 1. The zero-order chi connectivity index (χ0) is 21.7. The van der Waals surface area contributed by atoms with Gasteiger partial charge < -0.3 is 20.4 Å². The number of rotatable bonds is 6. The molecule has 2 heterocycles. The van der Waals surface area contributed by atoms with Gasteiger partial charge in [-0.3, -0.25) is 10.2 Å². The van der Waals surface area contributed by atoms with E-state index in [0.29, 0.717) is 18.7 Å². The molecule has 0 saturated carbocycles. The van der Waals surface area contributed by atoms with E-state index < -0.39 is 12.2 Å². The molecule has 1 aliphatic heterocycles. The van der Waals surface area contributed by atoms with Gasteiger partial charge in [-0.15, -0.1) is 13.2 Å². The Labute approximate surface area is 169 Å². The van der Waals surface area contributed by atoms with Crippen molar-refractivity contribution in [1.82, 2.24) is 15.2 Å². The number of nitrogens with zero attached hydrogens (tertiary/aromatic N) is 3. The van der Waals surface area contributed by atoms with E-state index in [9.17, 15) is 18.0 Å². The molecule has 1 amide bonds. The first-order chi connectivity index (χ1) is 14.3. The normalized spacial score (nSPS) is 13.2. The van der Waals surface area contributed by atoms with Gasteiger partial charge in [-0.25, -0.2) is 9.98 Å². The molecule has 1 aliphatic rings. The van der Waals surface area contributed by atoms with Gasteiger partial charge in [-0.05, 0) is 34.9 Å². The average molecular weight is 418 g/mol. The molecule has 0 radical (unpaired) electrons. The third-order valence-electron chi connectivity index (χ3n) is 4.26. The Balaban J connectivity index is 1.70. The fourth-order valence-corrected chi connectivity index (χ4v) is 2.94. The molecule has 1 aromatic heterocycles. The number of halogens is 3. The number of pyridine rings is 1. The van der Waals surface area contributed by atoms with E-state index in [-0.39, 0.29) is 23.9 Å². The van der Waals surface area contributed by atoms with Crippen LogP contribution in [0.5, 0.6) is 5.88 Å². The largest absolute Gasteiger partial charge is 0.574 e. The van der Waals surface area contributed by atoms with Gasteiger partial charge in [-0.1, -0.05) is 12.1 Å². The number of aromatic nitrogens is 1. The molecule has 0 unspecified atom stereocenters. The summed E-state index contributed by atoms with van der Waals surface area (Å²) in [5, 5.41) is 16.7. The maximum atomic E-state index is 12.6. The lowest BCUT2D eigenvalue weighted by Crippen LogP contribution is -2.34. The van der Waals surface area contributed by atoms with Crippen LogP contribution in [0.15, 0.2) is 41.5 Å². The molecule has 3 rings (SSSR count). The number of hydrogen-bond acceptors (Lipinski definition) is 5. The van der Waals surface area contributed by atoms with Crippen molar-refractivity contribution in [3.05, 3.63) is 47.7 Å². The predicted octanol–water partition coefficient (Wildman–Crippen LogP) is 2.73. The number of ether oxygens (including phenoxy) is 1. The highest BCUT2D eigenvalue weighted by Gasteiger charge is 2.33. The molecule has 8 nitrogen and oxygen atoms in total. The van der Waals surface area contributed by atoms with Crippen molar-refractivity contribution in [3.63, 3.8) is 0 Å². The zero-order valence-electron chi connectivity index (χ0n) is 15.5. The molecule has 0 atom stereocenters. The summed E-state index contributed by atoms with van der Waals surface area (Å²) in [5.74, 6) is -0.988. The van der Waals surface area contributed by atoms with Crippen molar-refractivity contribution in [2.75, 3.05) is 6.54 Å². The predicted molar refractivity (Wildman–Crippen MR) is 104 cm³/mol. The summed E-state index contributed by atoms with van der Waals surface area (Å²) in [6.07, 6.45) is -1.69. The second kappa shape index (κ2) is 8.72. The third-order valence-corrected chi connectivity index (χ3v) is 4.26. The van der Waals surface area contributed by atoms with Crippen molar-refractivity contribution < 1.29 is 22.7 Å². The van der Waals surface area contributed by atoms with Crippen LogP contribution in [0.25, 0.3) is 11.1 Å². The van der Waals surface area contributed by atoms with Gasteiger partial charge in [0, 0.05) is 24.8 Å². The van der Waals surface area contributed by atoms with Crippen LogP contribution in [0.1, 0.15) is 11.1 Å². The summed E-state index contributed by atoms with van der Waals surface area (Å²) < 4.78 is 42.0. The summed E-state index contributed by atoms with van der Waals surface area (Å²) in [4.78, 5) is 21.2. The minimum absolute atomic E-state index is 0.0399. The van der Waals surface area contributed by atoms with Gasteiger partial charge in [0.1, 0.15) is 0 Å². The molecule has 0 saturated heterocycles. The van der Waals surface area contributed by atoms with E-state index in [1.54, 1.807) is 23.1 Å². The van der Waals surface area contributed by atoms with Gasteiger partial charge in [0.05, 0.1) is 19.1 Å². The first kappa shape index (κ1) is 21.0. The SMILES string of the molecule is N=CC(=N)/N=C\NCC(=O)N1Cc2ccc(-c3cccnc3OC(F)(F)F)cc2C1. The number of nitrogens with one attached hydrogen (secondary N) is 3. The number of alkyl halides is 3. The van der Waals surface area contributed by atoms with E-state index >= 15 is 0 Å². The second-order valence-corrected chi connectivity index (χ2v) is 6.31. The minimum atomic E-state index is -4.85. The highest BCUT2D eigenvalue weighted by Crippen LogP contribution is 2.34. The summed E-state index contributed by atoms with van der Waals surface area (Å²) in [6.45, 7) is 0.650. The molecule has 2 aromatic rings. The highest BCUT2D eigenvalue weighted by molar-refractivity contribution is 6.28. The van der Waals surface area contributed by atoms with Crippen LogP contribution in [0.4, 0.5) is 13.2 Å². The fourth-order valence-electron chi connectivity index (χ4n) is 2.94. The Morgan fingerprint density at radius 2 is 2.07 bits per heavy atom. The summed E-state index contributed by atoms with van der Waals surface area (Å²) >= 11 is 0. The number of amides is 1. The quantitative estimate of drug-likeness (QED) is 0.494. The first-order valence-electron chi connectivity index (χ1n) is 8.72. The van der Waals surface area contributed by atoms with Crippen molar-refractivity contribution in [2.45, 2.75) is 19.5 Å². The molecule has 0 bridgehead atoms. The fraction of sp³-hybridized carbons (Fsp3) is 0.211. The smallest absolute Gasteiger partial charge is 0.387 e. The number of benzene rings is 1. The van der Waals surface area contributed by atoms with Gasteiger partial charge in [0.25, 0.3) is 0 Å². The maximum absolute atomic E-state index is 12.6. The minimum Gasteiger partial charge on any atom is -0.387 e. The van der Waals surface area contributed by atoms with E-state index in [1.807, 2.05) is 0 Å². The Kier molecular flexibility index (Phi) is 6.09. The van der Waals surface area contributed by atoms with Gasteiger partial charge in [-0.2, -0.15) is 0 Å². The average Bonchev–Trinajstić information content (AvgIpc) is 3.13. The Morgan fingerprint density at radius 1 is 1.30 bits per heavy atom. The molecule has 11 heteroatoms. The molecule has 0 spiro atoms. The lowest BCUT2D eigenvalue weighted by molar-refractivity contribution is -0.275. The summed E-state index contributed by atoms with van der Waals surface area (Å²) in [6, 6.07) is 8.17. The van der Waals surface area contributed by atoms with Crippen molar-refractivity contribution in [1.29, 1.82) is 10.8 Å². The number of carbonyl (C=O) groups excluding carboxylic acids is 1. The topological polar surface area (TPSA) is 115 Å². The summed E-state index contributed by atoms with van der Waals surface area (Å²) in [7, 11) is 0. The zero-order valence-corrected chi connectivity index (χ0v) is 15.5. The van der Waals surface area contributed by atoms with E-state index in [2.05, 4.69) is 20.0 Å². The number of amidine groups is 1. The molecular weight excluding hydrogens is 401 g/mol. The summed E-state index contributed by atoms with van der Waals surface area (Å²) in [5.41, 5.74) is 2.43. The van der Waals surface area contributed by atoms with Crippen LogP contribution in [0, 0.1) is 10.8 Å². The molecule has 0 fully saturated rings. The van der Waals surface area contributed by atoms with E-state index in [4.69, 9.17) is 10.8 Å². The molecule has 30 heavy (non-hydrogen) atoms. The van der Waals surface area contributed by atoms with Crippen LogP contribution >= 0.6 is 0 Å². The van der Waals surface area contributed by atoms with Crippen LogP contribution in [-0.4, -0.2) is 47.1 Å². The van der Waals surface area contributed by atoms with Gasteiger partial charge >= 0.3 is 6.36 Å². The van der Waals surface area contributed by atoms with E-state index in [0.717, 1.165) is 17.3 Å². The lowest BCUT2D eigenvalue weighted by Gasteiger charge is -2.15. The standard InChI is InChI=1S/C19H17F3N6O2/c20-19(21,22)30-18-15(2-1-5-26-18)12-3-4-13-9-28(10-14(13)6-12)17(29)8-25-11-27-16(24)7-23/h1-7,11,23H,8-10H2,(H2,24,25,27). The highest BCUT2D eigenvalue weighted by atomic mass is 19.4. The van der Waals surface area contributed by atoms with Crippen LogP contribution in [0.2, 0.25) is 0 Å². The Bertz CT molecular complexity index is 1010. The third kappa shape index (κ3) is 5.19. The Morgan fingerprint density at radius 3 is 2.80 bits per heavy atom. The maximum Gasteiger partial charge on any atom is 0.574 e. The van der Waals surface area contributed by atoms with Crippen LogP contribution in [-0.2, 0) is 17.9 Å².